The summed E-state index contributed by atoms with van der Waals surface area (Å²) in [4.78, 5) is 10.5. The van der Waals surface area contributed by atoms with Gasteiger partial charge in [0.25, 0.3) is 0 Å². The van der Waals surface area contributed by atoms with Crippen LogP contribution in [0.1, 0.15) is 18.1 Å². The van der Waals surface area contributed by atoms with Crippen molar-refractivity contribution in [3.8, 4) is 0 Å². The van der Waals surface area contributed by atoms with E-state index in [-0.39, 0.29) is 6.42 Å². The molecule has 0 aliphatic heterocycles. The number of rotatable bonds is 4. The number of carboxylic acids is 1. The Morgan fingerprint density at radius 2 is 1.93 bits per heavy atom. The van der Waals surface area contributed by atoms with Crippen molar-refractivity contribution in [1.29, 1.82) is 0 Å². The summed E-state index contributed by atoms with van der Waals surface area (Å²) in [5, 5.41) is 17.9. The van der Waals surface area contributed by atoms with E-state index in [1.807, 2.05) is 18.2 Å². The Bertz CT molecular complexity index is 318. The van der Waals surface area contributed by atoms with Crippen LogP contribution in [0.5, 0.6) is 0 Å². The van der Waals surface area contributed by atoms with Crippen molar-refractivity contribution in [1.82, 2.24) is 0 Å². The molecule has 1 atom stereocenters. The molecule has 76 valence electrons. The van der Waals surface area contributed by atoms with Gasteiger partial charge in [0.2, 0.25) is 0 Å². The van der Waals surface area contributed by atoms with Crippen LogP contribution in [-0.2, 0) is 17.6 Å². The number of hydrogen-bond donors (Lipinski definition) is 2. The van der Waals surface area contributed by atoms with Crippen LogP contribution in [0.4, 0.5) is 0 Å². The third kappa shape index (κ3) is 3.18. The first-order valence-corrected chi connectivity index (χ1v) is 4.56. The number of carboxylic acid groups (broad SMARTS) is 1. The fourth-order valence-electron chi connectivity index (χ4n) is 1.41. The highest BCUT2D eigenvalue weighted by atomic mass is 16.4. The molecule has 1 rings (SSSR count). The van der Waals surface area contributed by atoms with E-state index in [4.69, 9.17) is 5.11 Å². The zero-order valence-electron chi connectivity index (χ0n) is 8.10. The molecule has 1 aromatic rings. The molecule has 0 fully saturated rings. The number of aliphatic hydroxyl groups is 1. The Morgan fingerprint density at radius 3 is 2.43 bits per heavy atom. The van der Waals surface area contributed by atoms with Crippen LogP contribution < -0.4 is 0 Å². The molecule has 0 aliphatic rings. The van der Waals surface area contributed by atoms with Crippen LogP contribution in [0, 0.1) is 0 Å². The average molecular weight is 194 g/mol. The number of hydrogen-bond acceptors (Lipinski definition) is 2. The Balaban J connectivity index is 2.85. The van der Waals surface area contributed by atoms with Crippen molar-refractivity contribution in [2.24, 2.45) is 0 Å². The summed E-state index contributed by atoms with van der Waals surface area (Å²) in [7, 11) is 0. The second-order valence-corrected chi connectivity index (χ2v) is 3.39. The zero-order valence-corrected chi connectivity index (χ0v) is 8.10. The highest BCUT2D eigenvalue weighted by Gasteiger charge is 2.07. The Labute approximate surface area is 83.0 Å². The van der Waals surface area contributed by atoms with Crippen molar-refractivity contribution in [2.75, 3.05) is 0 Å². The Kier molecular flexibility index (Phi) is 3.65. The van der Waals surface area contributed by atoms with Gasteiger partial charge in [0.05, 0.1) is 12.5 Å². The number of aliphatic hydroxyl groups excluding tert-OH is 1. The lowest BCUT2D eigenvalue weighted by Gasteiger charge is -2.08. The first-order valence-electron chi connectivity index (χ1n) is 4.56. The molecule has 0 saturated carbocycles. The van der Waals surface area contributed by atoms with Crippen LogP contribution >= 0.6 is 0 Å². The quantitative estimate of drug-likeness (QED) is 0.758. The molecule has 0 heterocycles. The topological polar surface area (TPSA) is 57.5 Å². The summed E-state index contributed by atoms with van der Waals surface area (Å²) in [6.07, 6.45) is 0.0803. The van der Waals surface area contributed by atoms with Crippen molar-refractivity contribution >= 4 is 5.97 Å². The van der Waals surface area contributed by atoms with Crippen LogP contribution in [0.25, 0.3) is 0 Å². The smallest absolute Gasteiger partial charge is 0.307 e. The Morgan fingerprint density at radius 1 is 1.36 bits per heavy atom. The number of benzene rings is 1. The highest BCUT2D eigenvalue weighted by Crippen LogP contribution is 2.11. The molecule has 0 saturated heterocycles. The predicted octanol–water partition coefficient (Wildman–Crippen LogP) is 1.24. The van der Waals surface area contributed by atoms with Crippen LogP contribution in [0.3, 0.4) is 0 Å². The third-order valence-electron chi connectivity index (χ3n) is 1.98. The summed E-state index contributed by atoms with van der Waals surface area (Å²) in [6.45, 7) is 1.69. The second kappa shape index (κ2) is 4.77. The van der Waals surface area contributed by atoms with Gasteiger partial charge in [-0.15, -0.1) is 0 Å². The van der Waals surface area contributed by atoms with Gasteiger partial charge in [-0.05, 0) is 24.5 Å². The third-order valence-corrected chi connectivity index (χ3v) is 1.98. The van der Waals surface area contributed by atoms with E-state index < -0.39 is 12.1 Å². The molecule has 0 amide bonds. The molecule has 0 aliphatic carbocycles. The lowest BCUT2D eigenvalue weighted by Crippen LogP contribution is -2.09. The van der Waals surface area contributed by atoms with Crippen molar-refractivity contribution < 1.29 is 15.0 Å². The maximum Gasteiger partial charge on any atom is 0.307 e. The van der Waals surface area contributed by atoms with Crippen LogP contribution in [0.15, 0.2) is 24.3 Å². The fourth-order valence-corrected chi connectivity index (χ4v) is 1.41. The van der Waals surface area contributed by atoms with Gasteiger partial charge in [0.15, 0.2) is 0 Å². The summed E-state index contributed by atoms with van der Waals surface area (Å²) in [5.41, 5.74) is 1.69. The highest BCUT2D eigenvalue weighted by molar-refractivity contribution is 5.70. The lowest BCUT2D eigenvalue weighted by molar-refractivity contribution is -0.136. The second-order valence-electron chi connectivity index (χ2n) is 3.39. The minimum Gasteiger partial charge on any atom is -0.481 e. The first kappa shape index (κ1) is 10.7. The summed E-state index contributed by atoms with van der Waals surface area (Å²) in [6, 6.07) is 7.30. The van der Waals surface area contributed by atoms with Crippen molar-refractivity contribution in [3.63, 3.8) is 0 Å². The predicted molar refractivity (Wildman–Crippen MR) is 53.2 cm³/mol. The van der Waals surface area contributed by atoms with E-state index in [1.165, 1.54) is 0 Å². The minimum absolute atomic E-state index is 0.0168. The van der Waals surface area contributed by atoms with Crippen molar-refractivity contribution in [2.45, 2.75) is 25.9 Å². The van der Waals surface area contributed by atoms with Crippen molar-refractivity contribution in [3.05, 3.63) is 35.4 Å². The summed E-state index contributed by atoms with van der Waals surface area (Å²) >= 11 is 0. The molecule has 2 N–H and O–H groups in total. The molecule has 0 radical (unpaired) electrons. The average Bonchev–Trinajstić information content (AvgIpc) is 2.06. The van der Waals surface area contributed by atoms with E-state index in [2.05, 4.69) is 0 Å². The van der Waals surface area contributed by atoms with Gasteiger partial charge < -0.3 is 10.2 Å². The molecule has 3 heteroatoms. The van der Waals surface area contributed by atoms with Gasteiger partial charge in [-0.2, -0.15) is 0 Å². The molecule has 0 spiro atoms. The lowest BCUT2D eigenvalue weighted by atomic mass is 10.00. The maximum absolute atomic E-state index is 10.5. The Hall–Kier alpha value is -1.35. The van der Waals surface area contributed by atoms with Crippen LogP contribution in [0.2, 0.25) is 0 Å². The van der Waals surface area contributed by atoms with Gasteiger partial charge in [-0.1, -0.05) is 24.3 Å². The zero-order chi connectivity index (χ0) is 10.6. The van der Waals surface area contributed by atoms with Gasteiger partial charge >= 0.3 is 5.97 Å². The van der Waals surface area contributed by atoms with E-state index >= 15 is 0 Å². The molecule has 1 unspecified atom stereocenters. The normalized spacial score (nSPS) is 12.4. The fraction of sp³-hybridized carbons (Fsp3) is 0.364. The molecule has 14 heavy (non-hydrogen) atoms. The van der Waals surface area contributed by atoms with Crippen LogP contribution in [-0.4, -0.2) is 22.3 Å². The molecular formula is C11H14O3. The molecule has 1 aromatic carbocycles. The number of aliphatic carboxylic acids is 1. The van der Waals surface area contributed by atoms with E-state index in [1.54, 1.807) is 13.0 Å². The minimum atomic E-state index is -0.844. The van der Waals surface area contributed by atoms with Gasteiger partial charge in [-0.3, -0.25) is 4.79 Å². The molecule has 3 nitrogen and oxygen atoms in total. The SMILES string of the molecule is CC(O)Cc1ccccc1CC(=O)O. The maximum atomic E-state index is 10.5. The van der Waals surface area contributed by atoms with Gasteiger partial charge in [-0.25, -0.2) is 0 Å². The summed E-state index contributed by atoms with van der Waals surface area (Å²) in [5.74, 6) is -0.844. The summed E-state index contributed by atoms with van der Waals surface area (Å²) < 4.78 is 0. The first-order chi connectivity index (χ1) is 6.59. The van der Waals surface area contributed by atoms with E-state index in [0.717, 1.165) is 11.1 Å². The van der Waals surface area contributed by atoms with Gasteiger partial charge in [0.1, 0.15) is 0 Å². The largest absolute Gasteiger partial charge is 0.481 e. The molecular weight excluding hydrogens is 180 g/mol. The molecule has 0 bridgehead atoms. The van der Waals surface area contributed by atoms with Gasteiger partial charge in [0, 0.05) is 0 Å². The monoisotopic (exact) mass is 194 g/mol. The standard InChI is InChI=1S/C11H14O3/c1-8(12)6-9-4-2-3-5-10(9)7-11(13)14/h2-5,8,12H,6-7H2,1H3,(H,13,14). The number of carbonyl (C=O) groups is 1. The van der Waals surface area contributed by atoms with E-state index in [0.29, 0.717) is 6.42 Å². The van der Waals surface area contributed by atoms with E-state index in [9.17, 15) is 9.90 Å². The molecule has 0 aromatic heterocycles.